The molecule has 39 heavy (non-hydrogen) atoms. The molecule has 8 nitrogen and oxygen atoms in total. The number of hydrogen-bond acceptors (Lipinski definition) is 6. The molecule has 0 aliphatic carbocycles. The quantitative estimate of drug-likeness (QED) is 0.313. The third kappa shape index (κ3) is 4.18. The summed E-state index contributed by atoms with van der Waals surface area (Å²) in [6.07, 6.45) is 0.146. The molecule has 0 fully saturated rings. The first-order chi connectivity index (χ1) is 18.8. The van der Waals surface area contributed by atoms with Crippen molar-refractivity contribution in [1.29, 1.82) is 0 Å². The summed E-state index contributed by atoms with van der Waals surface area (Å²) in [4.78, 5) is 19.8. The van der Waals surface area contributed by atoms with E-state index in [4.69, 9.17) is 9.72 Å². The summed E-state index contributed by atoms with van der Waals surface area (Å²) in [5.41, 5.74) is 1.85. The minimum absolute atomic E-state index is 0.121. The Hall–Kier alpha value is -4.73. The second kappa shape index (κ2) is 9.23. The number of aromatic nitrogens is 5. The van der Waals surface area contributed by atoms with Crippen molar-refractivity contribution in [3.05, 3.63) is 101 Å². The number of ether oxygens (including phenoxy) is 1. The Balaban J connectivity index is 1.44. The first-order valence-corrected chi connectivity index (χ1v) is 12.4. The smallest absolute Gasteiger partial charge is 0.272 e. The van der Waals surface area contributed by atoms with E-state index in [0.29, 0.717) is 39.4 Å². The summed E-state index contributed by atoms with van der Waals surface area (Å²) in [7, 11) is 1.59. The Morgan fingerprint density at radius 2 is 1.74 bits per heavy atom. The molecule has 0 spiro atoms. The Morgan fingerprint density at radius 1 is 0.974 bits per heavy atom. The van der Waals surface area contributed by atoms with Crippen molar-refractivity contribution in [2.24, 2.45) is 0 Å². The number of amides is 1. The van der Waals surface area contributed by atoms with Gasteiger partial charge >= 0.3 is 0 Å². The molecule has 0 bridgehead atoms. The number of benzene rings is 3. The zero-order valence-corrected chi connectivity index (χ0v) is 21.5. The molecule has 0 N–H and O–H groups in total. The summed E-state index contributed by atoms with van der Waals surface area (Å²) in [6.45, 7) is 3.86. The first kappa shape index (κ1) is 24.6. The predicted octanol–water partition coefficient (Wildman–Crippen LogP) is 4.91. The van der Waals surface area contributed by atoms with Gasteiger partial charge < -0.3 is 4.74 Å². The molecule has 0 radical (unpaired) electrons. The topological polar surface area (TPSA) is 86.0 Å². The molecular formula is C29H24F2N6O2. The van der Waals surface area contributed by atoms with Gasteiger partial charge in [0.15, 0.2) is 5.82 Å². The van der Waals surface area contributed by atoms with Gasteiger partial charge in [-0.25, -0.2) is 8.78 Å². The largest absolute Gasteiger partial charge is 0.497 e. The van der Waals surface area contributed by atoms with Gasteiger partial charge in [-0.05, 0) is 61.4 Å². The Labute approximate surface area is 222 Å². The van der Waals surface area contributed by atoms with Crippen molar-refractivity contribution in [2.45, 2.75) is 32.2 Å². The molecule has 0 saturated carbocycles. The standard InChI is InChI=1S/C29H24F2N6O2/c1-29(2)25-26(36(27(29)38)16-17-8-11-20(39-3)12-9-17)32-28(34-33-25)37-24-13-10-19(30)15-21(24)23(35-37)14-18-6-4-5-7-22(18)31/h4-13,15H,14,16H2,1-3H3. The maximum Gasteiger partial charge on any atom is 0.272 e. The Kier molecular flexibility index (Phi) is 5.82. The van der Waals surface area contributed by atoms with Gasteiger partial charge in [0.25, 0.3) is 5.95 Å². The molecule has 0 saturated heterocycles. The molecular weight excluding hydrogens is 502 g/mol. The number of carbonyl (C=O) groups excluding carboxylic acids is 1. The molecule has 6 rings (SSSR count). The molecule has 1 aliphatic rings. The summed E-state index contributed by atoms with van der Waals surface area (Å²) < 4.78 is 35.4. The second-order valence-electron chi connectivity index (χ2n) is 9.94. The van der Waals surface area contributed by atoms with Crippen molar-refractivity contribution in [1.82, 2.24) is 25.0 Å². The van der Waals surface area contributed by atoms with Crippen LogP contribution in [0.1, 0.15) is 36.4 Å². The van der Waals surface area contributed by atoms with Gasteiger partial charge in [-0.1, -0.05) is 30.3 Å². The molecule has 0 unspecified atom stereocenters. The lowest BCUT2D eigenvalue weighted by molar-refractivity contribution is -0.122. The zero-order chi connectivity index (χ0) is 27.3. The van der Waals surface area contributed by atoms with E-state index >= 15 is 0 Å². The Morgan fingerprint density at radius 3 is 2.49 bits per heavy atom. The van der Waals surface area contributed by atoms with Crippen LogP contribution in [0.4, 0.5) is 14.6 Å². The van der Waals surface area contributed by atoms with Gasteiger partial charge in [-0.2, -0.15) is 14.8 Å². The third-order valence-corrected chi connectivity index (χ3v) is 7.01. The SMILES string of the molecule is COc1ccc(CN2C(=O)C(C)(C)c3nnc(-n4nc(Cc5ccccc5F)c5cc(F)ccc54)nc32)cc1. The van der Waals surface area contributed by atoms with Crippen LogP contribution in [0.15, 0.2) is 66.7 Å². The fourth-order valence-electron chi connectivity index (χ4n) is 4.84. The number of rotatable bonds is 6. The van der Waals surface area contributed by atoms with Crippen molar-refractivity contribution < 1.29 is 18.3 Å². The van der Waals surface area contributed by atoms with E-state index in [1.165, 1.54) is 22.9 Å². The van der Waals surface area contributed by atoms with Gasteiger partial charge in [-0.15, -0.1) is 10.2 Å². The monoisotopic (exact) mass is 526 g/mol. The highest BCUT2D eigenvalue weighted by Crippen LogP contribution is 2.40. The van der Waals surface area contributed by atoms with Crippen molar-refractivity contribution >= 4 is 22.6 Å². The van der Waals surface area contributed by atoms with Crippen LogP contribution in [0, 0.1) is 11.6 Å². The lowest BCUT2D eigenvalue weighted by Crippen LogP contribution is -2.36. The molecule has 3 aromatic carbocycles. The number of halogens is 2. The van der Waals surface area contributed by atoms with Crippen LogP contribution in [0.25, 0.3) is 16.9 Å². The highest BCUT2D eigenvalue weighted by atomic mass is 19.1. The molecule has 196 valence electrons. The van der Waals surface area contributed by atoms with Crippen molar-refractivity contribution in [2.75, 3.05) is 12.0 Å². The average Bonchev–Trinajstić information content (AvgIpc) is 3.37. The highest BCUT2D eigenvalue weighted by molar-refractivity contribution is 6.05. The fourth-order valence-corrected chi connectivity index (χ4v) is 4.84. The number of anilines is 1. The lowest BCUT2D eigenvalue weighted by atomic mass is 9.91. The van der Waals surface area contributed by atoms with Crippen LogP contribution in [0.2, 0.25) is 0 Å². The van der Waals surface area contributed by atoms with Crippen molar-refractivity contribution in [3.63, 3.8) is 0 Å². The van der Waals surface area contributed by atoms with Crippen LogP contribution >= 0.6 is 0 Å². The molecule has 1 aliphatic heterocycles. The van der Waals surface area contributed by atoms with E-state index in [-0.39, 0.29) is 30.6 Å². The minimum Gasteiger partial charge on any atom is -0.497 e. The lowest BCUT2D eigenvalue weighted by Gasteiger charge is -2.19. The predicted molar refractivity (Wildman–Crippen MR) is 141 cm³/mol. The van der Waals surface area contributed by atoms with Crippen LogP contribution in [0.3, 0.4) is 0 Å². The van der Waals surface area contributed by atoms with E-state index in [1.54, 1.807) is 50.1 Å². The van der Waals surface area contributed by atoms with Crippen molar-refractivity contribution in [3.8, 4) is 11.7 Å². The first-order valence-electron chi connectivity index (χ1n) is 12.4. The summed E-state index contributed by atoms with van der Waals surface area (Å²) in [5.74, 6) is 0.249. The molecule has 10 heteroatoms. The van der Waals surface area contributed by atoms with Crippen LogP contribution < -0.4 is 9.64 Å². The van der Waals surface area contributed by atoms with Crippen LogP contribution in [-0.2, 0) is 23.2 Å². The average molecular weight is 527 g/mol. The number of methoxy groups -OCH3 is 1. The van der Waals surface area contributed by atoms with Gasteiger partial charge in [-0.3, -0.25) is 9.69 Å². The van der Waals surface area contributed by atoms with Crippen LogP contribution in [-0.4, -0.2) is 38.0 Å². The van der Waals surface area contributed by atoms with Crippen LogP contribution in [0.5, 0.6) is 5.75 Å². The molecule has 3 heterocycles. The normalized spacial score (nSPS) is 14.2. The third-order valence-electron chi connectivity index (χ3n) is 7.01. The summed E-state index contributed by atoms with van der Waals surface area (Å²) >= 11 is 0. The number of hydrogen-bond donors (Lipinski definition) is 0. The molecule has 1 amide bonds. The molecule has 0 atom stereocenters. The highest BCUT2D eigenvalue weighted by Gasteiger charge is 2.47. The van der Waals surface area contributed by atoms with Gasteiger partial charge in [0.1, 0.15) is 23.1 Å². The van der Waals surface area contributed by atoms with E-state index in [0.717, 1.165) is 5.56 Å². The maximum atomic E-state index is 14.4. The van der Waals surface area contributed by atoms with E-state index in [1.807, 2.05) is 24.3 Å². The number of carbonyl (C=O) groups is 1. The Bertz CT molecular complexity index is 1730. The molecule has 2 aromatic heterocycles. The second-order valence-corrected chi connectivity index (χ2v) is 9.94. The van der Waals surface area contributed by atoms with Gasteiger partial charge in [0, 0.05) is 11.8 Å². The maximum absolute atomic E-state index is 14.4. The van der Waals surface area contributed by atoms with Gasteiger partial charge in [0.2, 0.25) is 5.91 Å². The molecule has 5 aromatic rings. The van der Waals surface area contributed by atoms with Gasteiger partial charge in [0.05, 0.1) is 30.3 Å². The summed E-state index contributed by atoms with van der Waals surface area (Å²) in [6, 6.07) is 18.1. The van der Waals surface area contributed by atoms with E-state index in [9.17, 15) is 13.6 Å². The number of fused-ring (bicyclic) bond motifs is 2. The number of nitrogens with zero attached hydrogens (tertiary/aromatic N) is 6. The summed E-state index contributed by atoms with van der Waals surface area (Å²) in [5, 5.41) is 13.9. The van der Waals surface area contributed by atoms with E-state index in [2.05, 4.69) is 15.3 Å². The zero-order valence-electron chi connectivity index (χ0n) is 21.5. The fraction of sp³-hybridized carbons (Fsp3) is 0.207. The van der Waals surface area contributed by atoms with E-state index < -0.39 is 11.2 Å². The minimum atomic E-state index is -0.925.